The summed E-state index contributed by atoms with van der Waals surface area (Å²) < 4.78 is 6.95. The maximum atomic E-state index is 5.38. The van der Waals surface area contributed by atoms with E-state index in [1.54, 1.807) is 0 Å². The van der Waals surface area contributed by atoms with Crippen molar-refractivity contribution in [2.45, 2.75) is 12.0 Å². The van der Waals surface area contributed by atoms with E-state index in [-0.39, 0.29) is 12.0 Å². The van der Waals surface area contributed by atoms with Crippen molar-refractivity contribution in [1.82, 2.24) is 28.7 Å². The van der Waals surface area contributed by atoms with Gasteiger partial charge in [0.25, 0.3) is 0 Å². The van der Waals surface area contributed by atoms with Crippen molar-refractivity contribution in [3.05, 3.63) is 332 Å². The average molecular weight is 1210 g/mol. The average Bonchev–Trinajstić information content (AvgIpc) is 1.55. The van der Waals surface area contributed by atoms with E-state index in [1.807, 2.05) is 97.1 Å². The fourth-order valence-corrected chi connectivity index (χ4v) is 14.5. The van der Waals surface area contributed by atoms with Gasteiger partial charge in [0.15, 0.2) is 17.5 Å². The molecule has 1 aliphatic heterocycles. The van der Waals surface area contributed by atoms with Gasteiger partial charge in [-0.05, 0) is 95.2 Å². The van der Waals surface area contributed by atoms with Crippen LogP contribution in [0.4, 0.5) is 17.1 Å². The number of anilines is 2. The number of hydrogen-bond donors (Lipinski definition) is 0. The molecule has 2 atom stereocenters. The molecule has 2 unspecified atom stereocenters. The number of para-hydroxylation sites is 5. The highest BCUT2D eigenvalue weighted by atomic mass is 15.3. The summed E-state index contributed by atoms with van der Waals surface area (Å²) in [4.78, 5) is 33.6. The molecular weight excluding hydrogens is 1150 g/mol. The van der Waals surface area contributed by atoms with Crippen molar-refractivity contribution < 1.29 is 0 Å². The molecule has 94 heavy (non-hydrogen) atoms. The van der Waals surface area contributed by atoms with Gasteiger partial charge in [0.2, 0.25) is 11.9 Å². The van der Waals surface area contributed by atoms with E-state index < -0.39 is 0 Å². The molecule has 16 aromatic rings. The summed E-state index contributed by atoms with van der Waals surface area (Å²) in [5.74, 6) is 2.74. The topological polar surface area (TPSA) is 93.8 Å². The van der Waals surface area contributed by atoms with Gasteiger partial charge < -0.3 is 9.47 Å². The highest BCUT2D eigenvalue weighted by Crippen LogP contribution is 2.57. The Bertz CT molecular complexity index is 5710. The van der Waals surface area contributed by atoms with Crippen molar-refractivity contribution in [3.8, 4) is 56.7 Å². The Morgan fingerprint density at radius 2 is 0.957 bits per heavy atom. The van der Waals surface area contributed by atoms with Crippen LogP contribution in [0.25, 0.3) is 117 Å². The van der Waals surface area contributed by atoms with Crippen LogP contribution < -0.4 is 4.90 Å². The van der Waals surface area contributed by atoms with Gasteiger partial charge in [-0.25, -0.2) is 15.0 Å². The zero-order valence-corrected chi connectivity index (χ0v) is 50.9. The maximum Gasteiger partial charge on any atom is 0.238 e. The Kier molecular flexibility index (Phi) is 12.9. The lowest BCUT2D eigenvalue weighted by molar-refractivity contribution is 0.641. The molecule has 12 aromatic carbocycles. The normalized spacial score (nSPS) is 14.5. The smallest absolute Gasteiger partial charge is 0.238 e. The second kappa shape index (κ2) is 22.4. The third-order valence-corrected chi connectivity index (χ3v) is 18.6. The highest BCUT2D eigenvalue weighted by Gasteiger charge is 2.45. The summed E-state index contributed by atoms with van der Waals surface area (Å²) in [5, 5.41) is 5.62. The van der Waals surface area contributed by atoms with Crippen LogP contribution in [0.2, 0.25) is 0 Å². The molecule has 0 bridgehead atoms. The SMILES string of the molecule is C=N/C(=N\C(=N/c1ccccc1)n1c2c(c3ccccc31)C=CC1c3ccccc3N(c3cccc(-c4ccccc4-c4ccc(-n5c6ccccc6c6ccc7c8ccccc8n(-c8nc(-c9ccccc9)nc(-c9ccccc9)n8)c7c65)cc4)c3)C21)c1ccccc1. The number of rotatable bonds is 9. The monoisotopic (exact) mass is 1200 g/mol. The van der Waals surface area contributed by atoms with E-state index in [0.29, 0.717) is 29.4 Å². The van der Waals surface area contributed by atoms with Crippen LogP contribution in [0, 0.1) is 0 Å². The van der Waals surface area contributed by atoms with Crippen molar-refractivity contribution in [3.63, 3.8) is 0 Å². The standard InChI is InChI=1S/C84H56N10/c1-85-80(55-25-6-2-7-26-55)88-83(86-59-32-12-5-13-33-59)93-74-43-22-18-39-66(74)71-52-50-69-65-38-17-21-42-73(65)92(77(69)79(71)93)61-34-24-31-58(53-61)63-36-15-14-35-62(63)54-45-47-60(48-46-54)91-72-41-20-16-37-64(72)68-49-51-70-67-40-19-23-44-75(67)94(78(70)76(68)91)84-89-81(56-27-8-3-9-28-56)87-82(90-84)57-29-10-4-11-30-57/h2-53,69,77H,1H2/b86-83+,88-80-. The molecule has 442 valence electrons. The van der Waals surface area contributed by atoms with Crippen LogP contribution in [0.5, 0.6) is 0 Å². The van der Waals surface area contributed by atoms with Crippen molar-refractivity contribution >= 4 is 96.2 Å². The third kappa shape index (κ3) is 8.87. The molecule has 0 N–H and O–H groups in total. The summed E-state index contributed by atoms with van der Waals surface area (Å²) in [6, 6.07) is 107. The van der Waals surface area contributed by atoms with Gasteiger partial charge in [-0.1, -0.05) is 255 Å². The van der Waals surface area contributed by atoms with Crippen LogP contribution >= 0.6 is 0 Å². The zero-order chi connectivity index (χ0) is 62.2. The number of aliphatic imine (C=N–C) groups is 3. The van der Waals surface area contributed by atoms with Gasteiger partial charge in [0, 0.05) is 72.2 Å². The van der Waals surface area contributed by atoms with Gasteiger partial charge >= 0.3 is 0 Å². The van der Waals surface area contributed by atoms with Crippen LogP contribution in [-0.2, 0) is 0 Å². The van der Waals surface area contributed by atoms with Gasteiger partial charge in [-0.3, -0.25) is 9.13 Å². The third-order valence-electron chi connectivity index (χ3n) is 18.6. The summed E-state index contributed by atoms with van der Waals surface area (Å²) in [7, 11) is 0. The Hall–Kier alpha value is -12.7. The Labute approximate surface area is 542 Å². The van der Waals surface area contributed by atoms with Crippen LogP contribution in [0.1, 0.15) is 34.3 Å². The van der Waals surface area contributed by atoms with E-state index in [0.717, 1.165) is 127 Å². The first-order chi connectivity index (χ1) is 46.6. The highest BCUT2D eigenvalue weighted by molar-refractivity contribution is 6.24. The van der Waals surface area contributed by atoms with E-state index >= 15 is 0 Å². The fraction of sp³-hybridized carbons (Fsp3) is 0.0238. The lowest BCUT2D eigenvalue weighted by atomic mass is 9.86. The predicted octanol–water partition coefficient (Wildman–Crippen LogP) is 20.4. The van der Waals surface area contributed by atoms with Gasteiger partial charge in [-0.2, -0.15) is 15.0 Å². The van der Waals surface area contributed by atoms with E-state index in [4.69, 9.17) is 24.9 Å². The molecule has 10 nitrogen and oxygen atoms in total. The molecule has 4 aromatic heterocycles. The lowest BCUT2D eigenvalue weighted by Crippen LogP contribution is -2.28. The fourth-order valence-electron chi connectivity index (χ4n) is 14.5. The molecule has 2 aliphatic rings. The Morgan fingerprint density at radius 1 is 0.415 bits per heavy atom. The van der Waals surface area contributed by atoms with Crippen molar-refractivity contribution in [2.24, 2.45) is 15.0 Å². The van der Waals surface area contributed by atoms with Crippen LogP contribution in [0.15, 0.2) is 324 Å². The summed E-state index contributed by atoms with van der Waals surface area (Å²) in [6.45, 7) is 4.03. The van der Waals surface area contributed by atoms with Gasteiger partial charge in [0.1, 0.15) is 0 Å². The molecule has 0 saturated heterocycles. The number of benzene rings is 12. The van der Waals surface area contributed by atoms with Crippen molar-refractivity contribution in [2.75, 3.05) is 4.90 Å². The quantitative estimate of drug-likeness (QED) is 0.106. The number of fused-ring (bicyclic) bond motifs is 14. The summed E-state index contributed by atoms with van der Waals surface area (Å²) in [5.41, 5.74) is 19.8. The molecule has 0 spiro atoms. The van der Waals surface area contributed by atoms with Gasteiger partial charge in [0.05, 0.1) is 45.0 Å². The lowest BCUT2D eigenvalue weighted by Gasteiger charge is -2.33. The minimum absolute atomic E-state index is 0.00671. The first-order valence-corrected chi connectivity index (χ1v) is 31.7. The number of aromatic nitrogens is 6. The number of amidine groups is 1. The largest absolute Gasteiger partial charge is 0.331 e. The van der Waals surface area contributed by atoms with E-state index in [9.17, 15) is 0 Å². The molecule has 0 fully saturated rings. The van der Waals surface area contributed by atoms with Crippen molar-refractivity contribution in [1.29, 1.82) is 0 Å². The molecule has 0 saturated carbocycles. The molecule has 5 heterocycles. The van der Waals surface area contributed by atoms with Gasteiger partial charge in [-0.15, -0.1) is 0 Å². The summed E-state index contributed by atoms with van der Waals surface area (Å²) in [6.07, 6.45) is 4.70. The minimum Gasteiger partial charge on any atom is -0.331 e. The Morgan fingerprint density at radius 3 is 1.63 bits per heavy atom. The predicted molar refractivity (Wildman–Crippen MR) is 387 cm³/mol. The second-order valence-corrected chi connectivity index (χ2v) is 23.8. The number of hydrogen-bond acceptors (Lipinski definition) is 5. The molecule has 18 rings (SSSR count). The maximum absolute atomic E-state index is 5.38. The zero-order valence-electron chi connectivity index (χ0n) is 50.9. The summed E-state index contributed by atoms with van der Waals surface area (Å²) >= 11 is 0. The molecule has 0 amide bonds. The number of nitrogens with zero attached hydrogens (tertiary/aromatic N) is 10. The molecular formula is C84H56N10. The van der Waals surface area contributed by atoms with Crippen LogP contribution in [0.3, 0.4) is 0 Å². The first kappa shape index (κ1) is 54.3. The second-order valence-electron chi connectivity index (χ2n) is 23.8. The minimum atomic E-state index is -0.185. The molecule has 0 radical (unpaired) electrons. The Balaban J connectivity index is 0.773. The van der Waals surface area contributed by atoms with E-state index in [1.165, 1.54) is 5.56 Å². The van der Waals surface area contributed by atoms with Crippen LogP contribution in [-0.4, -0.2) is 47.2 Å². The first-order valence-electron chi connectivity index (χ1n) is 31.7. The molecule has 1 aliphatic carbocycles. The van der Waals surface area contributed by atoms with E-state index in [2.05, 4.69) is 249 Å². The molecule has 10 heteroatoms.